The summed E-state index contributed by atoms with van der Waals surface area (Å²) in [5.41, 5.74) is 0.602. The average molecular weight is 237 g/mol. The first-order valence-electron chi connectivity index (χ1n) is 5.23. The molecule has 1 atom stereocenters. The predicted octanol–water partition coefficient (Wildman–Crippen LogP) is 1.09. The van der Waals surface area contributed by atoms with Crippen LogP contribution < -0.4 is 10.2 Å². The highest BCUT2D eigenvalue weighted by Gasteiger charge is 2.20. The first-order chi connectivity index (χ1) is 8.06. The number of urea groups is 1. The van der Waals surface area contributed by atoms with Crippen LogP contribution in [0.1, 0.15) is 13.3 Å². The second kappa shape index (κ2) is 5.83. The summed E-state index contributed by atoms with van der Waals surface area (Å²) in [5, 5.41) is 11.3. The number of carboxylic acid groups (broad SMARTS) is 1. The maximum atomic E-state index is 11.7. The summed E-state index contributed by atoms with van der Waals surface area (Å²) in [4.78, 5) is 27.7. The van der Waals surface area contributed by atoms with E-state index >= 15 is 0 Å². The molecular formula is C11H15N3O3. The van der Waals surface area contributed by atoms with Crippen LogP contribution in [0, 0.1) is 0 Å². The third-order valence-corrected chi connectivity index (χ3v) is 2.34. The van der Waals surface area contributed by atoms with Crippen molar-refractivity contribution in [2.24, 2.45) is 0 Å². The minimum Gasteiger partial charge on any atom is -0.480 e. The Balaban J connectivity index is 2.68. The molecule has 17 heavy (non-hydrogen) atoms. The normalized spacial score (nSPS) is 11.6. The molecule has 1 aromatic heterocycles. The third kappa shape index (κ3) is 3.44. The lowest BCUT2D eigenvalue weighted by Crippen LogP contribution is -2.46. The summed E-state index contributed by atoms with van der Waals surface area (Å²) in [5.74, 6) is -1.04. The van der Waals surface area contributed by atoms with Gasteiger partial charge in [0.25, 0.3) is 0 Å². The highest BCUT2D eigenvalue weighted by molar-refractivity contribution is 5.93. The highest BCUT2D eigenvalue weighted by Crippen LogP contribution is 2.09. The molecule has 0 fully saturated rings. The van der Waals surface area contributed by atoms with Crippen molar-refractivity contribution in [3.05, 3.63) is 24.5 Å². The fraction of sp³-hybridized carbons (Fsp3) is 0.364. The predicted molar refractivity (Wildman–Crippen MR) is 62.9 cm³/mol. The van der Waals surface area contributed by atoms with Crippen LogP contribution in [0.4, 0.5) is 10.5 Å². The second-order valence-electron chi connectivity index (χ2n) is 3.52. The lowest BCUT2D eigenvalue weighted by Gasteiger charge is -2.20. The minimum absolute atomic E-state index is 0.335. The summed E-state index contributed by atoms with van der Waals surface area (Å²) in [7, 11) is 1.56. The zero-order chi connectivity index (χ0) is 12.8. The van der Waals surface area contributed by atoms with Gasteiger partial charge in [0.15, 0.2) is 0 Å². The zero-order valence-electron chi connectivity index (χ0n) is 9.75. The molecule has 6 heteroatoms. The fourth-order valence-electron chi connectivity index (χ4n) is 1.25. The molecule has 0 bridgehead atoms. The molecule has 0 saturated heterocycles. The van der Waals surface area contributed by atoms with Gasteiger partial charge < -0.3 is 10.4 Å². The van der Waals surface area contributed by atoms with Crippen molar-refractivity contribution in [3.8, 4) is 0 Å². The molecule has 0 spiro atoms. The van der Waals surface area contributed by atoms with E-state index in [0.717, 1.165) is 0 Å². The minimum atomic E-state index is -1.04. The Labute approximate surface area is 99.3 Å². The van der Waals surface area contributed by atoms with Crippen molar-refractivity contribution in [2.75, 3.05) is 11.9 Å². The molecule has 0 aliphatic carbocycles. The summed E-state index contributed by atoms with van der Waals surface area (Å²) in [6.07, 6.45) is 3.46. The van der Waals surface area contributed by atoms with Gasteiger partial charge in [-0.25, -0.2) is 9.59 Å². The van der Waals surface area contributed by atoms with Gasteiger partial charge in [-0.2, -0.15) is 0 Å². The lowest BCUT2D eigenvalue weighted by molar-refractivity contribution is -0.139. The van der Waals surface area contributed by atoms with E-state index in [0.29, 0.717) is 12.1 Å². The number of amides is 2. The van der Waals surface area contributed by atoms with Gasteiger partial charge in [0, 0.05) is 13.2 Å². The molecule has 6 nitrogen and oxygen atoms in total. The molecule has 2 N–H and O–H groups in total. The van der Waals surface area contributed by atoms with Crippen molar-refractivity contribution < 1.29 is 14.7 Å². The summed E-state index contributed by atoms with van der Waals surface area (Å²) >= 11 is 0. The molecule has 0 saturated carbocycles. The Morgan fingerprint density at radius 2 is 2.29 bits per heavy atom. The molecule has 0 radical (unpaired) electrons. The lowest BCUT2D eigenvalue weighted by atomic mass is 10.2. The van der Waals surface area contributed by atoms with Gasteiger partial charge in [0.2, 0.25) is 0 Å². The van der Waals surface area contributed by atoms with Crippen LogP contribution >= 0.6 is 0 Å². The average Bonchev–Trinajstić information content (AvgIpc) is 2.35. The van der Waals surface area contributed by atoms with Crippen LogP contribution in [0.15, 0.2) is 24.5 Å². The van der Waals surface area contributed by atoms with Gasteiger partial charge in [-0.05, 0) is 18.6 Å². The topological polar surface area (TPSA) is 82.5 Å². The highest BCUT2D eigenvalue weighted by atomic mass is 16.4. The number of carbonyl (C=O) groups is 2. The van der Waals surface area contributed by atoms with E-state index in [1.165, 1.54) is 11.1 Å². The molecule has 0 aromatic carbocycles. The number of carbonyl (C=O) groups excluding carboxylic acids is 1. The zero-order valence-corrected chi connectivity index (χ0v) is 9.75. The molecule has 92 valence electrons. The Hall–Kier alpha value is -2.11. The number of anilines is 1. The number of rotatable bonds is 4. The maximum absolute atomic E-state index is 11.7. The quantitative estimate of drug-likeness (QED) is 0.821. The van der Waals surface area contributed by atoms with Crippen molar-refractivity contribution in [1.82, 2.24) is 10.3 Å². The number of hydrogen-bond donors (Lipinski definition) is 2. The Morgan fingerprint density at radius 1 is 1.59 bits per heavy atom. The Bertz CT molecular complexity index is 394. The van der Waals surface area contributed by atoms with Crippen LogP contribution in [-0.4, -0.2) is 35.2 Å². The molecule has 1 heterocycles. The molecule has 0 aliphatic rings. The van der Waals surface area contributed by atoms with Gasteiger partial charge in [0.1, 0.15) is 6.04 Å². The van der Waals surface area contributed by atoms with Crippen LogP contribution in [-0.2, 0) is 4.79 Å². The number of pyridine rings is 1. The van der Waals surface area contributed by atoms with Gasteiger partial charge >= 0.3 is 12.0 Å². The number of carboxylic acids is 1. The molecule has 1 aromatic rings. The molecule has 1 rings (SSSR count). The van der Waals surface area contributed by atoms with Crippen LogP contribution in [0.2, 0.25) is 0 Å². The molecule has 2 amide bonds. The van der Waals surface area contributed by atoms with Crippen LogP contribution in [0.3, 0.4) is 0 Å². The van der Waals surface area contributed by atoms with Gasteiger partial charge in [-0.3, -0.25) is 9.88 Å². The van der Waals surface area contributed by atoms with Crippen molar-refractivity contribution in [3.63, 3.8) is 0 Å². The summed E-state index contributed by atoms with van der Waals surface area (Å²) in [6.45, 7) is 1.70. The smallest absolute Gasteiger partial charge is 0.326 e. The van der Waals surface area contributed by atoms with E-state index < -0.39 is 18.0 Å². The first-order valence-corrected chi connectivity index (χ1v) is 5.23. The van der Waals surface area contributed by atoms with Crippen molar-refractivity contribution >= 4 is 17.7 Å². The SMILES string of the molecule is CC[C@@H](NC(=O)N(C)c1cccnc1)C(=O)O. The van der Waals surface area contributed by atoms with Gasteiger partial charge in [-0.15, -0.1) is 0 Å². The number of hydrogen-bond acceptors (Lipinski definition) is 3. The van der Waals surface area contributed by atoms with E-state index in [9.17, 15) is 9.59 Å². The first kappa shape index (κ1) is 13.0. The molecule has 0 aliphatic heterocycles. The summed E-state index contributed by atoms with van der Waals surface area (Å²) < 4.78 is 0. The molecular weight excluding hydrogens is 222 g/mol. The maximum Gasteiger partial charge on any atom is 0.326 e. The number of nitrogens with zero attached hydrogens (tertiary/aromatic N) is 2. The fourth-order valence-corrected chi connectivity index (χ4v) is 1.25. The van der Waals surface area contributed by atoms with E-state index in [-0.39, 0.29) is 0 Å². The number of aliphatic carboxylic acids is 1. The number of aromatic nitrogens is 1. The van der Waals surface area contributed by atoms with E-state index in [1.54, 1.807) is 32.3 Å². The monoisotopic (exact) mass is 237 g/mol. The van der Waals surface area contributed by atoms with Gasteiger partial charge in [0.05, 0.1) is 11.9 Å². The van der Waals surface area contributed by atoms with E-state index in [1.807, 2.05) is 0 Å². The summed E-state index contributed by atoms with van der Waals surface area (Å²) in [6, 6.07) is 2.08. The standard InChI is InChI=1S/C11H15N3O3/c1-3-9(10(15)16)13-11(17)14(2)8-5-4-6-12-7-8/h4-7,9H,3H2,1-2H3,(H,13,17)(H,15,16)/t9-/m1/s1. The van der Waals surface area contributed by atoms with Gasteiger partial charge in [-0.1, -0.05) is 6.92 Å². The largest absolute Gasteiger partial charge is 0.480 e. The van der Waals surface area contributed by atoms with Crippen molar-refractivity contribution in [2.45, 2.75) is 19.4 Å². The Kier molecular flexibility index (Phi) is 4.45. The van der Waals surface area contributed by atoms with Crippen LogP contribution in [0.25, 0.3) is 0 Å². The van der Waals surface area contributed by atoms with E-state index in [4.69, 9.17) is 5.11 Å². The van der Waals surface area contributed by atoms with E-state index in [2.05, 4.69) is 10.3 Å². The van der Waals surface area contributed by atoms with Crippen LogP contribution in [0.5, 0.6) is 0 Å². The third-order valence-electron chi connectivity index (χ3n) is 2.34. The second-order valence-corrected chi connectivity index (χ2v) is 3.52. The van der Waals surface area contributed by atoms with Crippen molar-refractivity contribution in [1.29, 1.82) is 0 Å². The number of nitrogens with one attached hydrogen (secondary N) is 1. The molecule has 0 unspecified atom stereocenters. The Morgan fingerprint density at radius 3 is 2.76 bits per heavy atom.